The average Bonchev–Trinajstić information content (AvgIpc) is 2.15. The lowest BCUT2D eigenvalue weighted by Crippen LogP contribution is -2.48. The summed E-state index contributed by atoms with van der Waals surface area (Å²) in [5.74, 6) is 0. The van der Waals surface area contributed by atoms with Gasteiger partial charge in [-0.25, -0.2) is 0 Å². The third-order valence-electron chi connectivity index (χ3n) is 3.79. The van der Waals surface area contributed by atoms with Gasteiger partial charge >= 0.3 is 0 Å². The number of hydrogen-bond donors (Lipinski definition) is 1. The molecule has 0 aromatic heterocycles. The van der Waals surface area contributed by atoms with E-state index in [4.69, 9.17) is 4.74 Å². The van der Waals surface area contributed by atoms with Crippen molar-refractivity contribution in [3.63, 3.8) is 0 Å². The van der Waals surface area contributed by atoms with Crippen LogP contribution in [0.1, 0.15) is 39.5 Å². The highest BCUT2D eigenvalue weighted by Crippen LogP contribution is 2.27. The second-order valence-electron chi connectivity index (χ2n) is 5.75. The minimum Gasteiger partial charge on any atom is -0.375 e. The molecule has 0 aliphatic carbocycles. The molecule has 3 heteroatoms. The number of nitrogens with zero attached hydrogens (tertiary/aromatic N) is 1. The zero-order valence-corrected chi connectivity index (χ0v) is 10.8. The third-order valence-corrected chi connectivity index (χ3v) is 3.79. The maximum Gasteiger partial charge on any atom is 0.0641 e. The van der Waals surface area contributed by atoms with E-state index in [-0.39, 0.29) is 5.60 Å². The van der Waals surface area contributed by atoms with Gasteiger partial charge in [0.2, 0.25) is 0 Å². The second kappa shape index (κ2) is 5.48. The summed E-state index contributed by atoms with van der Waals surface area (Å²) >= 11 is 0. The molecular weight excluding hydrogens is 200 g/mol. The Morgan fingerprint density at radius 1 is 1.19 bits per heavy atom. The largest absolute Gasteiger partial charge is 0.375 e. The van der Waals surface area contributed by atoms with Crippen molar-refractivity contribution in [2.45, 2.75) is 51.2 Å². The van der Waals surface area contributed by atoms with Crippen molar-refractivity contribution in [1.82, 2.24) is 10.2 Å². The van der Waals surface area contributed by atoms with Crippen molar-refractivity contribution in [1.29, 1.82) is 0 Å². The molecule has 0 saturated carbocycles. The fourth-order valence-corrected chi connectivity index (χ4v) is 2.93. The first kappa shape index (κ1) is 12.3. The zero-order chi connectivity index (χ0) is 11.4. The van der Waals surface area contributed by atoms with Gasteiger partial charge < -0.3 is 15.0 Å². The topological polar surface area (TPSA) is 24.5 Å². The van der Waals surface area contributed by atoms with Crippen LogP contribution in [-0.4, -0.2) is 49.3 Å². The van der Waals surface area contributed by atoms with Gasteiger partial charge in [0.25, 0.3) is 0 Å². The summed E-state index contributed by atoms with van der Waals surface area (Å²) in [5.41, 5.74) is 0.0868. The Bertz CT molecular complexity index is 210. The van der Waals surface area contributed by atoms with Crippen molar-refractivity contribution in [3.8, 4) is 0 Å². The molecule has 2 heterocycles. The predicted molar refractivity (Wildman–Crippen MR) is 66.7 cm³/mol. The minimum atomic E-state index is 0.0868. The van der Waals surface area contributed by atoms with Gasteiger partial charge in [0, 0.05) is 12.6 Å². The van der Waals surface area contributed by atoms with Gasteiger partial charge in [-0.05, 0) is 65.7 Å². The standard InChI is InChI=1S/C13H26N2O/c1-13(2)11-12(5-10-16-13)15-8-3-6-14-7-4-9-15/h12,14H,3-11H2,1-2H3. The Labute approximate surface area is 99.5 Å². The number of hydrogen-bond acceptors (Lipinski definition) is 3. The molecule has 1 unspecified atom stereocenters. The molecule has 0 radical (unpaired) electrons. The van der Waals surface area contributed by atoms with Crippen molar-refractivity contribution >= 4 is 0 Å². The average molecular weight is 226 g/mol. The maximum atomic E-state index is 5.80. The molecule has 2 aliphatic rings. The molecule has 2 aliphatic heterocycles. The van der Waals surface area contributed by atoms with Crippen LogP contribution >= 0.6 is 0 Å². The Balaban J connectivity index is 1.88. The van der Waals surface area contributed by atoms with Crippen molar-refractivity contribution in [2.75, 3.05) is 32.8 Å². The summed E-state index contributed by atoms with van der Waals surface area (Å²) in [6, 6.07) is 0.752. The lowest BCUT2D eigenvalue weighted by atomic mass is 9.92. The van der Waals surface area contributed by atoms with Crippen LogP contribution in [0, 0.1) is 0 Å². The van der Waals surface area contributed by atoms with Gasteiger partial charge in [-0.15, -0.1) is 0 Å². The molecule has 94 valence electrons. The monoisotopic (exact) mass is 226 g/mol. The van der Waals surface area contributed by atoms with Crippen molar-refractivity contribution in [2.24, 2.45) is 0 Å². The van der Waals surface area contributed by atoms with E-state index in [1.54, 1.807) is 0 Å². The zero-order valence-electron chi connectivity index (χ0n) is 10.8. The van der Waals surface area contributed by atoms with Crippen LogP contribution in [0.3, 0.4) is 0 Å². The summed E-state index contributed by atoms with van der Waals surface area (Å²) in [7, 11) is 0. The molecule has 0 amide bonds. The molecule has 16 heavy (non-hydrogen) atoms. The van der Waals surface area contributed by atoms with Crippen LogP contribution in [0.4, 0.5) is 0 Å². The minimum absolute atomic E-state index is 0.0868. The van der Waals surface area contributed by atoms with Gasteiger partial charge in [0.1, 0.15) is 0 Å². The van der Waals surface area contributed by atoms with E-state index >= 15 is 0 Å². The summed E-state index contributed by atoms with van der Waals surface area (Å²) in [5, 5.41) is 3.48. The van der Waals surface area contributed by atoms with E-state index in [0.717, 1.165) is 12.6 Å². The molecule has 0 bridgehead atoms. The highest BCUT2D eigenvalue weighted by Gasteiger charge is 2.31. The molecule has 2 rings (SSSR count). The summed E-state index contributed by atoms with van der Waals surface area (Å²) in [6.07, 6.45) is 4.99. The quantitative estimate of drug-likeness (QED) is 0.735. The van der Waals surface area contributed by atoms with Gasteiger partial charge in [-0.2, -0.15) is 0 Å². The second-order valence-corrected chi connectivity index (χ2v) is 5.75. The van der Waals surface area contributed by atoms with E-state index in [0.29, 0.717) is 0 Å². The summed E-state index contributed by atoms with van der Waals surface area (Å²) in [6.45, 7) is 10.3. The number of rotatable bonds is 1. The lowest BCUT2D eigenvalue weighted by Gasteiger charge is -2.42. The van der Waals surface area contributed by atoms with Gasteiger partial charge in [0.15, 0.2) is 0 Å². The van der Waals surface area contributed by atoms with Crippen LogP contribution in [0.2, 0.25) is 0 Å². The predicted octanol–water partition coefficient (Wildman–Crippen LogP) is 1.63. The molecule has 2 fully saturated rings. The Morgan fingerprint density at radius 3 is 2.50 bits per heavy atom. The first-order valence-electron chi connectivity index (χ1n) is 6.76. The normalized spacial score (nSPS) is 33.0. The fourth-order valence-electron chi connectivity index (χ4n) is 2.93. The first-order chi connectivity index (χ1) is 7.67. The van der Waals surface area contributed by atoms with Crippen LogP contribution in [-0.2, 0) is 4.74 Å². The smallest absolute Gasteiger partial charge is 0.0641 e. The lowest BCUT2D eigenvalue weighted by molar-refractivity contribution is -0.0837. The molecule has 1 atom stereocenters. The SMILES string of the molecule is CC1(C)CC(N2CCCNCCC2)CCO1. The highest BCUT2D eigenvalue weighted by atomic mass is 16.5. The Kier molecular flexibility index (Phi) is 4.22. The first-order valence-corrected chi connectivity index (χ1v) is 6.76. The summed E-state index contributed by atoms with van der Waals surface area (Å²) in [4.78, 5) is 2.70. The van der Waals surface area contributed by atoms with E-state index in [1.165, 1.54) is 51.9 Å². The summed E-state index contributed by atoms with van der Waals surface area (Å²) < 4.78 is 5.80. The van der Waals surface area contributed by atoms with E-state index < -0.39 is 0 Å². The molecule has 2 saturated heterocycles. The van der Waals surface area contributed by atoms with Crippen molar-refractivity contribution in [3.05, 3.63) is 0 Å². The van der Waals surface area contributed by atoms with Crippen LogP contribution in [0.5, 0.6) is 0 Å². The molecule has 1 N–H and O–H groups in total. The van der Waals surface area contributed by atoms with Gasteiger partial charge in [-0.1, -0.05) is 0 Å². The van der Waals surface area contributed by atoms with Crippen LogP contribution < -0.4 is 5.32 Å². The Hall–Kier alpha value is -0.120. The van der Waals surface area contributed by atoms with E-state index in [2.05, 4.69) is 24.1 Å². The van der Waals surface area contributed by atoms with E-state index in [9.17, 15) is 0 Å². The molecule has 3 nitrogen and oxygen atoms in total. The molecular formula is C13H26N2O. The van der Waals surface area contributed by atoms with Gasteiger partial charge in [0.05, 0.1) is 5.60 Å². The van der Waals surface area contributed by atoms with Crippen molar-refractivity contribution < 1.29 is 4.74 Å². The maximum absolute atomic E-state index is 5.80. The highest BCUT2D eigenvalue weighted by molar-refractivity contribution is 4.85. The number of nitrogens with one attached hydrogen (secondary N) is 1. The van der Waals surface area contributed by atoms with Crippen LogP contribution in [0.15, 0.2) is 0 Å². The molecule has 0 aromatic carbocycles. The van der Waals surface area contributed by atoms with Crippen LogP contribution in [0.25, 0.3) is 0 Å². The molecule has 0 spiro atoms. The third kappa shape index (κ3) is 3.44. The Morgan fingerprint density at radius 2 is 1.88 bits per heavy atom. The van der Waals surface area contributed by atoms with Gasteiger partial charge in [-0.3, -0.25) is 0 Å². The molecule has 0 aromatic rings. The van der Waals surface area contributed by atoms with E-state index in [1.807, 2.05) is 0 Å². The number of ether oxygens (including phenoxy) is 1. The fraction of sp³-hybridized carbons (Fsp3) is 1.00.